The van der Waals surface area contributed by atoms with Gasteiger partial charge < -0.3 is 0 Å². The van der Waals surface area contributed by atoms with E-state index < -0.39 is 0 Å². The minimum Gasteiger partial charge on any atom is -0.221 e. The molecule has 1 aromatic rings. The van der Waals surface area contributed by atoms with E-state index in [-0.39, 0.29) is 0 Å². The Morgan fingerprint density at radius 2 is 1.67 bits per heavy atom. The molecule has 1 heterocycles. The zero-order valence-electron chi connectivity index (χ0n) is 7.06. The monoisotopic (exact) mass is 204 g/mol. The van der Waals surface area contributed by atoms with Crippen LogP contribution in [0.2, 0.25) is 10.3 Å². The predicted octanol–water partition coefficient (Wildman–Crippen LogP) is 3.04. The fraction of sp³-hybridized carbons (Fsp3) is 0.500. The van der Waals surface area contributed by atoms with Crippen LogP contribution >= 0.6 is 23.2 Å². The Balaban J connectivity index is 3.10. The molecule has 4 heteroatoms. The summed E-state index contributed by atoms with van der Waals surface area (Å²) in [6.07, 6.45) is 1.82. The van der Waals surface area contributed by atoms with Crippen molar-refractivity contribution >= 4 is 23.2 Å². The molecular weight excluding hydrogens is 195 g/mol. The first kappa shape index (κ1) is 9.75. The largest absolute Gasteiger partial charge is 0.221 e. The number of aromatic nitrogens is 2. The van der Waals surface area contributed by atoms with Crippen LogP contribution < -0.4 is 0 Å². The molecule has 0 fully saturated rings. The molecule has 1 rings (SSSR count). The molecule has 0 aliphatic carbocycles. The summed E-state index contributed by atoms with van der Waals surface area (Å²) in [6, 6.07) is 0. The van der Waals surface area contributed by atoms with Crippen LogP contribution in [0.3, 0.4) is 0 Å². The minimum absolute atomic E-state index is 0.481. The Bertz CT molecular complexity index is 263. The average molecular weight is 205 g/mol. The second kappa shape index (κ2) is 4.06. The number of nitrogens with zero attached hydrogens (tertiary/aromatic N) is 2. The van der Waals surface area contributed by atoms with Crippen LogP contribution in [-0.4, -0.2) is 9.97 Å². The van der Waals surface area contributed by atoms with Gasteiger partial charge in [0.2, 0.25) is 0 Å². The number of hydrogen-bond acceptors (Lipinski definition) is 2. The van der Waals surface area contributed by atoms with E-state index in [4.69, 9.17) is 23.2 Å². The van der Waals surface area contributed by atoms with Gasteiger partial charge in [-0.2, -0.15) is 0 Å². The Kier molecular flexibility index (Phi) is 3.29. The van der Waals surface area contributed by atoms with Crippen molar-refractivity contribution < 1.29 is 0 Å². The van der Waals surface area contributed by atoms with Crippen LogP contribution in [-0.2, 0) is 6.42 Å². The number of rotatable bonds is 2. The molecule has 0 unspecified atom stereocenters. The Morgan fingerprint density at radius 3 is 2.08 bits per heavy atom. The van der Waals surface area contributed by atoms with E-state index in [0.29, 0.717) is 16.1 Å². The molecule has 0 N–H and O–H groups in total. The number of halogens is 2. The van der Waals surface area contributed by atoms with E-state index in [1.807, 2.05) is 0 Å². The molecule has 0 radical (unpaired) electrons. The maximum absolute atomic E-state index is 5.88. The van der Waals surface area contributed by atoms with Crippen LogP contribution in [0.5, 0.6) is 0 Å². The minimum atomic E-state index is 0.481. The predicted molar refractivity (Wildman–Crippen MR) is 50.8 cm³/mol. The lowest BCUT2D eigenvalue weighted by molar-refractivity contribution is 0.890. The molecule has 0 saturated carbocycles. The normalized spacial score (nSPS) is 10.3. The number of hydrogen-bond donors (Lipinski definition) is 0. The quantitative estimate of drug-likeness (QED) is 0.693. The van der Waals surface area contributed by atoms with Gasteiger partial charge in [0.1, 0.15) is 16.1 Å². The fourth-order valence-electron chi connectivity index (χ4n) is 0.985. The third-order valence-electron chi connectivity index (χ3n) is 1.52. The summed E-state index contributed by atoms with van der Waals surface area (Å²) in [5.74, 6) is 0.616. The molecule has 2 nitrogen and oxygen atoms in total. The molecule has 0 bridgehead atoms. The third kappa shape index (κ3) is 2.08. The van der Waals surface area contributed by atoms with E-state index in [9.17, 15) is 0 Å². The molecule has 0 atom stereocenters. The lowest BCUT2D eigenvalue weighted by atomic mass is 10.2. The Labute approximate surface area is 81.9 Å². The van der Waals surface area contributed by atoms with E-state index >= 15 is 0 Å². The highest BCUT2D eigenvalue weighted by atomic mass is 35.5. The lowest BCUT2D eigenvalue weighted by Crippen LogP contribution is -1.96. The molecule has 0 saturated heterocycles. The van der Waals surface area contributed by atoms with E-state index in [1.165, 1.54) is 0 Å². The third-order valence-corrected chi connectivity index (χ3v) is 2.14. The summed E-state index contributed by atoms with van der Waals surface area (Å²) in [4.78, 5) is 8.05. The highest BCUT2D eigenvalue weighted by molar-refractivity contribution is 6.34. The first-order chi connectivity index (χ1) is 5.65. The molecule has 0 aromatic carbocycles. The summed E-state index contributed by atoms with van der Waals surface area (Å²) in [6.45, 7) is 3.83. The van der Waals surface area contributed by atoms with Crippen LogP contribution in [0, 0.1) is 6.92 Å². The van der Waals surface area contributed by atoms with Gasteiger partial charge >= 0.3 is 0 Å². The van der Waals surface area contributed by atoms with E-state index in [0.717, 1.165) is 18.4 Å². The van der Waals surface area contributed by atoms with Crippen molar-refractivity contribution in [3.8, 4) is 0 Å². The van der Waals surface area contributed by atoms with Gasteiger partial charge in [-0.05, 0) is 13.3 Å². The van der Waals surface area contributed by atoms with E-state index in [1.54, 1.807) is 6.92 Å². The Hall–Kier alpha value is -0.340. The standard InChI is InChI=1S/C8H10Cl2N2/c1-3-4-6-7(9)11-5(2)12-8(6)10/h3-4H2,1-2H3. The number of aryl methyl sites for hydroxylation is 1. The molecule has 12 heavy (non-hydrogen) atoms. The summed E-state index contributed by atoms with van der Waals surface area (Å²) in [5.41, 5.74) is 0.853. The summed E-state index contributed by atoms with van der Waals surface area (Å²) < 4.78 is 0. The molecule has 0 spiro atoms. The van der Waals surface area contributed by atoms with E-state index in [2.05, 4.69) is 16.9 Å². The summed E-state index contributed by atoms with van der Waals surface area (Å²) in [7, 11) is 0. The second-order valence-electron chi connectivity index (χ2n) is 2.58. The van der Waals surface area contributed by atoms with Crippen molar-refractivity contribution in [1.29, 1.82) is 0 Å². The van der Waals surface area contributed by atoms with Crippen molar-refractivity contribution in [3.05, 3.63) is 21.7 Å². The Morgan fingerprint density at radius 1 is 1.17 bits per heavy atom. The zero-order chi connectivity index (χ0) is 9.14. The van der Waals surface area contributed by atoms with Crippen molar-refractivity contribution in [2.75, 3.05) is 0 Å². The molecule has 0 aliphatic heterocycles. The molecule has 1 aromatic heterocycles. The molecule has 66 valence electrons. The summed E-state index contributed by atoms with van der Waals surface area (Å²) in [5, 5.41) is 0.962. The maximum Gasteiger partial charge on any atom is 0.137 e. The molecular formula is C8H10Cl2N2. The van der Waals surface area contributed by atoms with Gasteiger partial charge in [-0.3, -0.25) is 0 Å². The average Bonchev–Trinajstić information content (AvgIpc) is 1.96. The van der Waals surface area contributed by atoms with Crippen LogP contribution in [0.1, 0.15) is 24.7 Å². The lowest BCUT2D eigenvalue weighted by Gasteiger charge is -2.04. The van der Waals surface area contributed by atoms with Crippen molar-refractivity contribution in [2.45, 2.75) is 26.7 Å². The zero-order valence-corrected chi connectivity index (χ0v) is 8.58. The SMILES string of the molecule is CCCc1c(Cl)nc(C)nc1Cl. The van der Waals surface area contributed by atoms with Gasteiger partial charge in [0.15, 0.2) is 0 Å². The van der Waals surface area contributed by atoms with Gasteiger partial charge in [-0.25, -0.2) is 9.97 Å². The highest BCUT2D eigenvalue weighted by Crippen LogP contribution is 2.22. The maximum atomic E-state index is 5.88. The van der Waals surface area contributed by atoms with Gasteiger partial charge in [-0.1, -0.05) is 36.5 Å². The van der Waals surface area contributed by atoms with Crippen LogP contribution in [0.15, 0.2) is 0 Å². The van der Waals surface area contributed by atoms with Gasteiger partial charge in [-0.15, -0.1) is 0 Å². The van der Waals surface area contributed by atoms with Gasteiger partial charge in [0, 0.05) is 5.56 Å². The van der Waals surface area contributed by atoms with Crippen molar-refractivity contribution in [1.82, 2.24) is 9.97 Å². The molecule has 0 aliphatic rings. The first-order valence-corrected chi connectivity index (χ1v) is 4.59. The van der Waals surface area contributed by atoms with Crippen molar-refractivity contribution in [3.63, 3.8) is 0 Å². The van der Waals surface area contributed by atoms with Crippen LogP contribution in [0.25, 0.3) is 0 Å². The smallest absolute Gasteiger partial charge is 0.137 e. The molecule has 0 amide bonds. The fourth-order valence-corrected chi connectivity index (χ4v) is 1.65. The van der Waals surface area contributed by atoms with Gasteiger partial charge in [0.05, 0.1) is 0 Å². The topological polar surface area (TPSA) is 25.8 Å². The van der Waals surface area contributed by atoms with Crippen molar-refractivity contribution in [2.24, 2.45) is 0 Å². The van der Waals surface area contributed by atoms with Gasteiger partial charge in [0.25, 0.3) is 0 Å². The van der Waals surface area contributed by atoms with Crippen LogP contribution in [0.4, 0.5) is 0 Å². The highest BCUT2D eigenvalue weighted by Gasteiger charge is 2.07. The first-order valence-electron chi connectivity index (χ1n) is 3.83. The summed E-state index contributed by atoms with van der Waals surface area (Å²) >= 11 is 11.8. The second-order valence-corrected chi connectivity index (χ2v) is 3.30.